The van der Waals surface area contributed by atoms with Gasteiger partial charge in [0.25, 0.3) is 5.69 Å². The molecule has 0 aliphatic carbocycles. The molecule has 21 heavy (non-hydrogen) atoms. The fourth-order valence-electron chi connectivity index (χ4n) is 1.93. The highest BCUT2D eigenvalue weighted by Gasteiger charge is 2.23. The number of hydrogen-bond acceptors (Lipinski definition) is 4. The lowest BCUT2D eigenvalue weighted by atomic mass is 10.1. The molecule has 0 radical (unpaired) electrons. The molecule has 0 amide bonds. The number of carbonyl (C=O) groups is 1. The van der Waals surface area contributed by atoms with Crippen molar-refractivity contribution >= 4 is 17.3 Å². The minimum Gasteiger partial charge on any atom is -0.477 e. The number of nitrogens with one attached hydrogen (secondary N) is 1. The average Bonchev–Trinajstić information content (AvgIpc) is 2.44. The number of carboxylic acids is 1. The SMILES string of the molecule is O=C(O)c1c(CNc2cccc(F)c2)cccc1[N+](=O)[O-]. The van der Waals surface area contributed by atoms with E-state index < -0.39 is 22.4 Å². The van der Waals surface area contributed by atoms with Crippen LogP contribution in [0.5, 0.6) is 0 Å². The van der Waals surface area contributed by atoms with Crippen molar-refractivity contribution in [3.63, 3.8) is 0 Å². The van der Waals surface area contributed by atoms with Gasteiger partial charge in [-0.15, -0.1) is 0 Å². The number of benzene rings is 2. The molecule has 7 heteroatoms. The Kier molecular flexibility index (Phi) is 4.13. The predicted molar refractivity (Wildman–Crippen MR) is 73.8 cm³/mol. The Hall–Kier alpha value is -2.96. The highest BCUT2D eigenvalue weighted by Crippen LogP contribution is 2.23. The Balaban J connectivity index is 2.30. The largest absolute Gasteiger partial charge is 0.477 e. The summed E-state index contributed by atoms with van der Waals surface area (Å²) in [5.74, 6) is -1.81. The van der Waals surface area contributed by atoms with Crippen LogP contribution in [0.2, 0.25) is 0 Å². The van der Waals surface area contributed by atoms with Gasteiger partial charge in [-0.3, -0.25) is 10.1 Å². The van der Waals surface area contributed by atoms with Crippen LogP contribution in [-0.4, -0.2) is 16.0 Å². The van der Waals surface area contributed by atoms with Gasteiger partial charge in [0, 0.05) is 18.3 Å². The Morgan fingerprint density at radius 1 is 1.29 bits per heavy atom. The first-order valence-electron chi connectivity index (χ1n) is 5.98. The lowest BCUT2D eigenvalue weighted by Gasteiger charge is -2.09. The third-order valence-electron chi connectivity index (χ3n) is 2.85. The normalized spacial score (nSPS) is 10.1. The van der Waals surface area contributed by atoms with Gasteiger partial charge >= 0.3 is 5.97 Å². The van der Waals surface area contributed by atoms with E-state index in [9.17, 15) is 19.3 Å². The van der Waals surface area contributed by atoms with E-state index in [0.29, 0.717) is 5.69 Å². The van der Waals surface area contributed by atoms with Crippen molar-refractivity contribution in [1.82, 2.24) is 0 Å². The molecule has 2 rings (SSSR count). The number of carboxylic acid groups (broad SMARTS) is 1. The van der Waals surface area contributed by atoms with E-state index in [1.54, 1.807) is 6.07 Å². The molecule has 0 bridgehead atoms. The summed E-state index contributed by atoms with van der Waals surface area (Å²) in [6.07, 6.45) is 0. The van der Waals surface area contributed by atoms with Crippen molar-refractivity contribution in [3.8, 4) is 0 Å². The molecule has 0 spiro atoms. The molecule has 2 N–H and O–H groups in total. The zero-order valence-electron chi connectivity index (χ0n) is 10.7. The molecule has 0 aromatic heterocycles. The number of hydrogen-bond donors (Lipinski definition) is 2. The molecule has 2 aromatic rings. The van der Waals surface area contributed by atoms with E-state index >= 15 is 0 Å². The lowest BCUT2D eigenvalue weighted by molar-refractivity contribution is -0.385. The first kappa shape index (κ1) is 14.4. The summed E-state index contributed by atoms with van der Waals surface area (Å²) >= 11 is 0. The zero-order valence-corrected chi connectivity index (χ0v) is 10.7. The quantitative estimate of drug-likeness (QED) is 0.652. The van der Waals surface area contributed by atoms with Crippen LogP contribution >= 0.6 is 0 Å². The van der Waals surface area contributed by atoms with Crippen LogP contribution in [0, 0.1) is 15.9 Å². The van der Waals surface area contributed by atoms with Crippen molar-refractivity contribution < 1.29 is 19.2 Å². The summed E-state index contributed by atoms with van der Waals surface area (Å²) in [7, 11) is 0. The minimum atomic E-state index is -1.38. The molecule has 0 aliphatic heterocycles. The number of anilines is 1. The number of rotatable bonds is 5. The van der Waals surface area contributed by atoms with E-state index in [0.717, 1.165) is 6.07 Å². The molecule has 2 aromatic carbocycles. The van der Waals surface area contributed by atoms with Crippen LogP contribution in [-0.2, 0) is 6.54 Å². The van der Waals surface area contributed by atoms with Gasteiger partial charge < -0.3 is 10.4 Å². The number of nitro groups is 1. The maximum Gasteiger partial charge on any atom is 0.343 e. The highest BCUT2D eigenvalue weighted by molar-refractivity contribution is 5.94. The molecule has 0 fully saturated rings. The summed E-state index contributed by atoms with van der Waals surface area (Å²) < 4.78 is 13.0. The van der Waals surface area contributed by atoms with Crippen molar-refractivity contribution in [1.29, 1.82) is 0 Å². The van der Waals surface area contributed by atoms with Crippen molar-refractivity contribution in [2.75, 3.05) is 5.32 Å². The Morgan fingerprint density at radius 2 is 2.00 bits per heavy atom. The van der Waals surface area contributed by atoms with Gasteiger partial charge in [-0.2, -0.15) is 0 Å². The smallest absolute Gasteiger partial charge is 0.343 e. The number of aromatic carboxylic acids is 1. The molecule has 6 nitrogen and oxygen atoms in total. The van der Waals surface area contributed by atoms with Crippen molar-refractivity contribution in [2.45, 2.75) is 6.54 Å². The molecule has 0 saturated heterocycles. The maximum atomic E-state index is 13.0. The van der Waals surface area contributed by atoms with Gasteiger partial charge in [-0.05, 0) is 23.8 Å². The molecule has 0 heterocycles. The average molecular weight is 290 g/mol. The monoisotopic (exact) mass is 290 g/mol. The Labute approximate surface area is 119 Å². The van der Waals surface area contributed by atoms with Crippen LogP contribution in [0.3, 0.4) is 0 Å². The Morgan fingerprint density at radius 3 is 2.62 bits per heavy atom. The zero-order chi connectivity index (χ0) is 15.4. The van der Waals surface area contributed by atoms with Crippen LogP contribution in [0.15, 0.2) is 42.5 Å². The van der Waals surface area contributed by atoms with Crippen LogP contribution in [0.4, 0.5) is 15.8 Å². The first-order chi connectivity index (χ1) is 9.99. The van der Waals surface area contributed by atoms with Gasteiger partial charge in [0.15, 0.2) is 0 Å². The number of nitrogens with zero attached hydrogens (tertiary/aromatic N) is 1. The molecule has 0 unspecified atom stereocenters. The van der Waals surface area contributed by atoms with Crippen LogP contribution in [0.1, 0.15) is 15.9 Å². The molecule has 108 valence electrons. The molecular weight excluding hydrogens is 279 g/mol. The standard InChI is InChI=1S/C14H11FN2O4/c15-10-4-2-5-11(7-10)16-8-9-3-1-6-12(17(20)21)13(9)14(18)19/h1-7,16H,8H2,(H,18,19). The van der Waals surface area contributed by atoms with Crippen LogP contribution < -0.4 is 5.32 Å². The summed E-state index contributed by atoms with van der Waals surface area (Å²) in [5.41, 5.74) is -0.133. The lowest BCUT2D eigenvalue weighted by Crippen LogP contribution is -2.10. The summed E-state index contributed by atoms with van der Waals surface area (Å²) in [6, 6.07) is 9.66. The van der Waals surface area contributed by atoms with E-state index in [1.165, 1.54) is 30.3 Å². The topological polar surface area (TPSA) is 92.5 Å². The van der Waals surface area contributed by atoms with E-state index in [1.807, 2.05) is 0 Å². The fourth-order valence-corrected chi connectivity index (χ4v) is 1.93. The van der Waals surface area contributed by atoms with Gasteiger partial charge in [-0.25, -0.2) is 9.18 Å². The van der Waals surface area contributed by atoms with Gasteiger partial charge in [0.05, 0.1) is 4.92 Å². The second-order valence-corrected chi connectivity index (χ2v) is 4.24. The summed E-state index contributed by atoms with van der Waals surface area (Å²) in [4.78, 5) is 21.3. The van der Waals surface area contributed by atoms with Gasteiger partial charge in [-0.1, -0.05) is 18.2 Å². The third-order valence-corrected chi connectivity index (χ3v) is 2.85. The first-order valence-corrected chi connectivity index (χ1v) is 5.98. The van der Waals surface area contributed by atoms with Gasteiger partial charge in [0.2, 0.25) is 0 Å². The number of halogens is 1. The molecule has 0 atom stereocenters. The Bertz CT molecular complexity index is 703. The highest BCUT2D eigenvalue weighted by atomic mass is 19.1. The van der Waals surface area contributed by atoms with Crippen molar-refractivity contribution in [3.05, 3.63) is 69.5 Å². The summed E-state index contributed by atoms with van der Waals surface area (Å²) in [5, 5.41) is 22.9. The van der Waals surface area contributed by atoms with Crippen LogP contribution in [0.25, 0.3) is 0 Å². The van der Waals surface area contributed by atoms with Gasteiger partial charge in [0.1, 0.15) is 11.4 Å². The van der Waals surface area contributed by atoms with E-state index in [-0.39, 0.29) is 17.7 Å². The summed E-state index contributed by atoms with van der Waals surface area (Å²) in [6.45, 7) is 0.0345. The fraction of sp³-hybridized carbons (Fsp3) is 0.0714. The minimum absolute atomic E-state index is 0.0345. The second-order valence-electron chi connectivity index (χ2n) is 4.24. The van der Waals surface area contributed by atoms with Crippen molar-refractivity contribution in [2.24, 2.45) is 0 Å². The van der Waals surface area contributed by atoms with E-state index in [4.69, 9.17) is 5.11 Å². The molecule has 0 aliphatic rings. The second kappa shape index (κ2) is 6.00. The molecule has 0 saturated carbocycles. The maximum absolute atomic E-state index is 13.0. The molecular formula is C14H11FN2O4. The number of nitro benzene ring substituents is 1. The van der Waals surface area contributed by atoms with E-state index in [2.05, 4.69) is 5.32 Å². The predicted octanol–water partition coefficient (Wildman–Crippen LogP) is 3.04. The third kappa shape index (κ3) is 3.33.